The Kier molecular flexibility index (Phi) is 5.18. The first-order valence-corrected chi connectivity index (χ1v) is 11.7. The summed E-state index contributed by atoms with van der Waals surface area (Å²) in [7, 11) is -3.02. The van der Waals surface area contributed by atoms with Crippen LogP contribution < -0.4 is 5.32 Å². The Labute approximate surface area is 168 Å². The van der Waals surface area contributed by atoms with Crippen LogP contribution in [0.2, 0.25) is 0 Å². The fourth-order valence-corrected chi connectivity index (χ4v) is 5.64. The van der Waals surface area contributed by atoms with Crippen molar-refractivity contribution in [2.75, 3.05) is 29.9 Å². The van der Waals surface area contributed by atoms with E-state index in [1.165, 1.54) is 11.3 Å². The molecular weight excluding hydrogens is 394 g/mol. The van der Waals surface area contributed by atoms with Gasteiger partial charge in [-0.1, -0.05) is 53.8 Å². The molecule has 1 aliphatic rings. The van der Waals surface area contributed by atoms with Gasteiger partial charge < -0.3 is 5.32 Å². The van der Waals surface area contributed by atoms with Gasteiger partial charge in [-0.25, -0.2) is 13.4 Å². The molecule has 1 fully saturated rings. The van der Waals surface area contributed by atoms with E-state index in [-0.39, 0.29) is 17.4 Å². The Hall–Kier alpha value is -2.29. The number of rotatable bonds is 4. The minimum Gasteiger partial charge on any atom is -0.300 e. The van der Waals surface area contributed by atoms with Crippen LogP contribution in [0.3, 0.4) is 0 Å². The number of para-hydroxylation sites is 1. The zero-order valence-electron chi connectivity index (χ0n) is 15.5. The van der Waals surface area contributed by atoms with Gasteiger partial charge in [0.1, 0.15) is 6.04 Å². The van der Waals surface area contributed by atoms with E-state index in [0.717, 1.165) is 21.3 Å². The maximum Gasteiger partial charge on any atom is 0.248 e. The molecule has 1 saturated heterocycles. The fraction of sp³-hybridized carbons (Fsp3) is 0.300. The molecule has 146 valence electrons. The van der Waals surface area contributed by atoms with Crippen LogP contribution in [0.4, 0.5) is 5.13 Å². The predicted octanol–water partition coefficient (Wildman–Crippen LogP) is 3.01. The number of hydrogen-bond donors (Lipinski definition) is 1. The van der Waals surface area contributed by atoms with Crippen molar-refractivity contribution in [2.45, 2.75) is 13.0 Å². The van der Waals surface area contributed by atoms with Gasteiger partial charge in [-0.3, -0.25) is 9.69 Å². The molecule has 28 heavy (non-hydrogen) atoms. The molecule has 0 spiro atoms. The molecule has 8 heteroatoms. The quantitative estimate of drug-likeness (QED) is 0.709. The molecule has 0 radical (unpaired) electrons. The average Bonchev–Trinajstić information content (AvgIpc) is 3.08. The average molecular weight is 416 g/mol. The van der Waals surface area contributed by atoms with E-state index in [4.69, 9.17) is 0 Å². The van der Waals surface area contributed by atoms with Crippen molar-refractivity contribution in [1.29, 1.82) is 0 Å². The SMILES string of the molecule is Cc1cccc2sc(NC(=O)C(c3ccccc3)N3CCS(=O)(=O)CC3)nc12. The van der Waals surface area contributed by atoms with Gasteiger partial charge in [0, 0.05) is 13.1 Å². The van der Waals surface area contributed by atoms with Crippen molar-refractivity contribution in [2.24, 2.45) is 0 Å². The van der Waals surface area contributed by atoms with E-state index in [9.17, 15) is 13.2 Å². The molecule has 0 aliphatic carbocycles. The van der Waals surface area contributed by atoms with Crippen molar-refractivity contribution < 1.29 is 13.2 Å². The molecule has 1 N–H and O–H groups in total. The smallest absolute Gasteiger partial charge is 0.248 e. The number of thiazole rings is 1. The number of aromatic nitrogens is 1. The van der Waals surface area contributed by atoms with Gasteiger partial charge in [0.2, 0.25) is 5.91 Å². The first-order chi connectivity index (χ1) is 13.4. The molecular formula is C20H21N3O3S2. The normalized spacial score (nSPS) is 18.0. The summed E-state index contributed by atoms with van der Waals surface area (Å²) in [6.07, 6.45) is 0. The van der Waals surface area contributed by atoms with E-state index in [2.05, 4.69) is 10.3 Å². The van der Waals surface area contributed by atoms with Crippen LogP contribution in [0.25, 0.3) is 10.2 Å². The number of anilines is 1. The van der Waals surface area contributed by atoms with E-state index in [0.29, 0.717) is 18.2 Å². The minimum absolute atomic E-state index is 0.0734. The van der Waals surface area contributed by atoms with Crippen molar-refractivity contribution in [3.63, 3.8) is 0 Å². The third kappa shape index (κ3) is 3.94. The molecule has 2 aromatic carbocycles. The van der Waals surface area contributed by atoms with E-state index in [1.807, 2.05) is 60.4 Å². The maximum atomic E-state index is 13.2. The molecule has 0 bridgehead atoms. The second kappa shape index (κ2) is 7.62. The van der Waals surface area contributed by atoms with Gasteiger partial charge in [-0.05, 0) is 24.1 Å². The number of sulfone groups is 1. The minimum atomic E-state index is -3.02. The van der Waals surface area contributed by atoms with Gasteiger partial charge in [0.05, 0.1) is 21.7 Å². The third-order valence-electron chi connectivity index (χ3n) is 4.96. The summed E-state index contributed by atoms with van der Waals surface area (Å²) >= 11 is 1.44. The summed E-state index contributed by atoms with van der Waals surface area (Å²) < 4.78 is 24.6. The number of nitrogens with one attached hydrogen (secondary N) is 1. The summed E-state index contributed by atoms with van der Waals surface area (Å²) in [5.74, 6) is -0.0457. The number of nitrogens with zero attached hydrogens (tertiary/aromatic N) is 2. The molecule has 1 amide bonds. The zero-order chi connectivity index (χ0) is 19.7. The molecule has 1 unspecified atom stereocenters. The molecule has 1 atom stereocenters. The number of benzene rings is 2. The molecule has 0 saturated carbocycles. The monoisotopic (exact) mass is 415 g/mol. The highest BCUT2D eigenvalue weighted by atomic mass is 32.2. The summed E-state index contributed by atoms with van der Waals surface area (Å²) in [4.78, 5) is 19.7. The predicted molar refractivity (Wildman–Crippen MR) is 112 cm³/mol. The highest BCUT2D eigenvalue weighted by molar-refractivity contribution is 7.91. The van der Waals surface area contributed by atoms with Crippen LogP contribution in [0.5, 0.6) is 0 Å². The Bertz CT molecular complexity index is 1100. The molecule has 6 nitrogen and oxygen atoms in total. The van der Waals surface area contributed by atoms with Crippen molar-refractivity contribution in [1.82, 2.24) is 9.88 Å². The lowest BCUT2D eigenvalue weighted by molar-refractivity contribution is -0.121. The Morgan fingerprint density at radius 3 is 2.50 bits per heavy atom. The summed E-state index contributed by atoms with van der Waals surface area (Å²) in [5, 5.41) is 3.51. The summed E-state index contributed by atoms with van der Waals surface area (Å²) in [6, 6.07) is 14.9. The lowest BCUT2D eigenvalue weighted by Crippen LogP contribution is -2.46. The molecule has 1 aliphatic heterocycles. The van der Waals surface area contributed by atoms with Crippen LogP contribution in [-0.2, 0) is 14.6 Å². The van der Waals surface area contributed by atoms with Gasteiger partial charge in [0.15, 0.2) is 15.0 Å². The largest absolute Gasteiger partial charge is 0.300 e. The first kappa shape index (κ1) is 19.0. The number of fused-ring (bicyclic) bond motifs is 1. The van der Waals surface area contributed by atoms with Crippen LogP contribution in [-0.4, -0.2) is 48.8 Å². The van der Waals surface area contributed by atoms with Gasteiger partial charge in [-0.15, -0.1) is 0 Å². The summed E-state index contributed by atoms with van der Waals surface area (Å²) in [5.41, 5.74) is 2.80. The van der Waals surface area contributed by atoms with Gasteiger partial charge in [0.25, 0.3) is 0 Å². The lowest BCUT2D eigenvalue weighted by atomic mass is 10.0. The molecule has 1 aromatic heterocycles. The second-order valence-corrected chi connectivity index (χ2v) is 10.3. The van der Waals surface area contributed by atoms with Crippen molar-refractivity contribution in [3.05, 3.63) is 59.7 Å². The number of aryl methyl sites for hydroxylation is 1. The van der Waals surface area contributed by atoms with Crippen LogP contribution in [0.1, 0.15) is 17.2 Å². The molecule has 4 rings (SSSR count). The number of carbonyl (C=O) groups is 1. The molecule has 2 heterocycles. The van der Waals surface area contributed by atoms with E-state index < -0.39 is 15.9 Å². The van der Waals surface area contributed by atoms with Crippen molar-refractivity contribution >= 4 is 42.4 Å². The van der Waals surface area contributed by atoms with Crippen LogP contribution >= 0.6 is 11.3 Å². The zero-order valence-corrected chi connectivity index (χ0v) is 17.1. The highest BCUT2D eigenvalue weighted by Gasteiger charge is 2.32. The topological polar surface area (TPSA) is 79.4 Å². The van der Waals surface area contributed by atoms with Gasteiger partial charge >= 0.3 is 0 Å². The van der Waals surface area contributed by atoms with Crippen LogP contribution in [0, 0.1) is 6.92 Å². The van der Waals surface area contributed by atoms with Gasteiger partial charge in [-0.2, -0.15) is 0 Å². The lowest BCUT2D eigenvalue weighted by Gasteiger charge is -2.33. The second-order valence-electron chi connectivity index (χ2n) is 6.93. The first-order valence-electron chi connectivity index (χ1n) is 9.09. The van der Waals surface area contributed by atoms with Crippen LogP contribution in [0.15, 0.2) is 48.5 Å². The Morgan fingerprint density at radius 1 is 1.11 bits per heavy atom. The summed E-state index contributed by atoms with van der Waals surface area (Å²) in [6.45, 7) is 2.68. The Balaban J connectivity index is 1.62. The van der Waals surface area contributed by atoms with E-state index >= 15 is 0 Å². The number of carbonyl (C=O) groups excluding carboxylic acids is 1. The Morgan fingerprint density at radius 2 is 1.82 bits per heavy atom. The molecule has 3 aromatic rings. The number of hydrogen-bond acceptors (Lipinski definition) is 6. The maximum absolute atomic E-state index is 13.2. The van der Waals surface area contributed by atoms with Crippen molar-refractivity contribution in [3.8, 4) is 0 Å². The fourth-order valence-electron chi connectivity index (χ4n) is 3.46. The standard InChI is InChI=1S/C20H21N3O3S2/c1-14-6-5-9-16-17(14)21-20(27-16)22-19(24)18(15-7-3-2-4-8-15)23-10-12-28(25,26)13-11-23/h2-9,18H,10-13H2,1H3,(H,21,22,24). The highest BCUT2D eigenvalue weighted by Crippen LogP contribution is 2.30. The third-order valence-corrected chi connectivity index (χ3v) is 7.50. The number of amides is 1. The van der Waals surface area contributed by atoms with E-state index in [1.54, 1.807) is 0 Å².